The van der Waals surface area contributed by atoms with Crippen LogP contribution in [0.5, 0.6) is 0 Å². The van der Waals surface area contributed by atoms with E-state index in [2.05, 4.69) is 18.1 Å². The first-order valence-electron chi connectivity index (χ1n) is 3.12. The van der Waals surface area contributed by atoms with E-state index in [0.29, 0.717) is 5.88 Å². The maximum Gasteiger partial charge on any atom is 0.109 e. The van der Waals surface area contributed by atoms with Crippen molar-refractivity contribution < 1.29 is 0 Å². The minimum Gasteiger partial charge on any atom is -0.240 e. The van der Waals surface area contributed by atoms with E-state index in [1.165, 1.54) is 0 Å². The van der Waals surface area contributed by atoms with E-state index < -0.39 is 0 Å². The fourth-order valence-corrected chi connectivity index (χ4v) is 1.73. The normalized spacial score (nSPS) is 9.55. The van der Waals surface area contributed by atoms with Crippen molar-refractivity contribution in [2.75, 3.05) is 0 Å². The summed E-state index contributed by atoms with van der Waals surface area (Å²) in [6, 6.07) is 0. The van der Waals surface area contributed by atoms with Gasteiger partial charge in [-0.15, -0.1) is 22.9 Å². The van der Waals surface area contributed by atoms with Crippen LogP contribution in [0.1, 0.15) is 15.6 Å². The summed E-state index contributed by atoms with van der Waals surface area (Å²) in [5.74, 6) is 0.458. The summed E-state index contributed by atoms with van der Waals surface area (Å²) in [7, 11) is 0. The van der Waals surface area contributed by atoms with Gasteiger partial charge in [-0.2, -0.15) is 0 Å². The molecule has 0 aliphatic rings. The number of thiazole rings is 1. The molecule has 1 aromatic heterocycles. The fraction of sp³-hybridized carbons (Fsp3) is 0.125. The molecule has 0 N–H and O–H groups in total. The highest BCUT2D eigenvalue weighted by molar-refractivity contribution is 7.12. The highest BCUT2D eigenvalue weighted by Gasteiger charge is 2.03. The molecule has 1 heterocycles. The zero-order valence-electron chi connectivity index (χ0n) is 6.01. The summed E-state index contributed by atoms with van der Waals surface area (Å²) >= 11 is 7.16. The third-order valence-corrected chi connectivity index (χ3v) is 2.70. The van der Waals surface area contributed by atoms with Crippen LogP contribution < -0.4 is 0 Å². The second-order valence-corrected chi connectivity index (χ2v) is 3.28. The van der Waals surface area contributed by atoms with Crippen molar-refractivity contribution in [3.63, 3.8) is 0 Å². The number of halogens is 1. The molecule has 0 fully saturated rings. The van der Waals surface area contributed by atoms with Crippen molar-refractivity contribution in [1.29, 1.82) is 0 Å². The third kappa shape index (κ3) is 1.70. The van der Waals surface area contributed by atoms with Gasteiger partial charge in [0.05, 0.1) is 16.5 Å². The summed E-state index contributed by atoms with van der Waals surface area (Å²) < 4.78 is 0. The van der Waals surface area contributed by atoms with Crippen LogP contribution in [0.4, 0.5) is 0 Å². The summed E-state index contributed by atoms with van der Waals surface area (Å²) in [5.41, 5.74) is 0.876. The summed E-state index contributed by atoms with van der Waals surface area (Å²) in [6.07, 6.45) is 3.48. The van der Waals surface area contributed by atoms with E-state index in [1.807, 2.05) is 0 Å². The summed E-state index contributed by atoms with van der Waals surface area (Å²) in [6.45, 7) is 7.31. The Bertz CT molecular complexity index is 252. The molecule has 0 aliphatic heterocycles. The molecule has 0 aliphatic carbocycles. The van der Waals surface area contributed by atoms with Gasteiger partial charge in [0.1, 0.15) is 5.01 Å². The van der Waals surface area contributed by atoms with Crippen LogP contribution in [-0.4, -0.2) is 4.98 Å². The van der Waals surface area contributed by atoms with Crippen LogP contribution in [0.15, 0.2) is 13.2 Å². The Morgan fingerprint density at radius 3 is 2.55 bits per heavy atom. The van der Waals surface area contributed by atoms with Gasteiger partial charge < -0.3 is 0 Å². The molecular weight excluding hydrogens is 178 g/mol. The number of hydrogen-bond donors (Lipinski definition) is 0. The Labute approximate surface area is 75.0 Å². The van der Waals surface area contributed by atoms with Crippen LogP contribution in [-0.2, 0) is 5.88 Å². The quantitative estimate of drug-likeness (QED) is 0.660. The van der Waals surface area contributed by atoms with E-state index in [-0.39, 0.29) is 0 Å². The van der Waals surface area contributed by atoms with Crippen LogP contribution >= 0.6 is 22.9 Å². The highest BCUT2D eigenvalue weighted by Crippen LogP contribution is 2.21. The molecule has 0 saturated heterocycles. The minimum absolute atomic E-state index is 0.458. The molecule has 3 heteroatoms. The smallest absolute Gasteiger partial charge is 0.109 e. The highest BCUT2D eigenvalue weighted by atomic mass is 35.5. The standard InChI is InChI=1S/C8H8ClNS/c1-3-6-7(4-2)11-8(5-9)10-6/h3-4H,1-2,5H2. The predicted molar refractivity (Wildman–Crippen MR) is 51.9 cm³/mol. The minimum atomic E-state index is 0.458. The molecule has 11 heavy (non-hydrogen) atoms. The Balaban J connectivity index is 3.11. The molecule has 0 bridgehead atoms. The second kappa shape index (κ2) is 3.69. The van der Waals surface area contributed by atoms with Gasteiger partial charge >= 0.3 is 0 Å². The Kier molecular flexibility index (Phi) is 2.85. The van der Waals surface area contributed by atoms with Crippen LogP contribution in [0.2, 0.25) is 0 Å². The maximum absolute atomic E-state index is 5.61. The number of alkyl halides is 1. The molecule has 0 unspecified atom stereocenters. The predicted octanol–water partition coefficient (Wildman–Crippen LogP) is 3.17. The zero-order valence-corrected chi connectivity index (χ0v) is 7.58. The lowest BCUT2D eigenvalue weighted by Gasteiger charge is -1.83. The topological polar surface area (TPSA) is 12.9 Å². The number of hydrogen-bond acceptors (Lipinski definition) is 2. The Hall–Kier alpha value is -0.600. The maximum atomic E-state index is 5.61. The van der Waals surface area contributed by atoms with Gasteiger partial charge in [0.25, 0.3) is 0 Å². The SMILES string of the molecule is C=Cc1nc(CCl)sc1C=C. The number of aromatic nitrogens is 1. The molecule has 0 atom stereocenters. The van der Waals surface area contributed by atoms with Gasteiger partial charge in [0.2, 0.25) is 0 Å². The van der Waals surface area contributed by atoms with Crippen LogP contribution in [0.3, 0.4) is 0 Å². The molecular formula is C8H8ClNS. The van der Waals surface area contributed by atoms with Gasteiger partial charge in [0.15, 0.2) is 0 Å². The van der Waals surface area contributed by atoms with Gasteiger partial charge in [0, 0.05) is 0 Å². The average molecular weight is 186 g/mol. The van der Waals surface area contributed by atoms with E-state index in [1.54, 1.807) is 23.5 Å². The van der Waals surface area contributed by atoms with Crippen molar-refractivity contribution in [3.8, 4) is 0 Å². The van der Waals surface area contributed by atoms with Crippen LogP contribution in [0.25, 0.3) is 12.2 Å². The molecule has 0 aromatic carbocycles. The van der Waals surface area contributed by atoms with Crippen molar-refractivity contribution in [2.45, 2.75) is 5.88 Å². The zero-order chi connectivity index (χ0) is 8.27. The molecule has 1 nitrogen and oxygen atoms in total. The average Bonchev–Trinajstić information content (AvgIpc) is 2.46. The van der Waals surface area contributed by atoms with Crippen molar-refractivity contribution in [2.24, 2.45) is 0 Å². The van der Waals surface area contributed by atoms with Gasteiger partial charge in [-0.25, -0.2) is 4.98 Å². The molecule has 58 valence electrons. The lowest BCUT2D eigenvalue weighted by molar-refractivity contribution is 1.24. The van der Waals surface area contributed by atoms with Gasteiger partial charge in [-0.1, -0.05) is 13.2 Å². The van der Waals surface area contributed by atoms with E-state index >= 15 is 0 Å². The Morgan fingerprint density at radius 2 is 2.18 bits per heavy atom. The van der Waals surface area contributed by atoms with Crippen molar-refractivity contribution in [1.82, 2.24) is 4.98 Å². The number of rotatable bonds is 3. The van der Waals surface area contributed by atoms with Crippen LogP contribution in [0, 0.1) is 0 Å². The number of nitrogens with zero attached hydrogens (tertiary/aromatic N) is 1. The van der Waals surface area contributed by atoms with E-state index in [9.17, 15) is 0 Å². The second-order valence-electron chi connectivity index (χ2n) is 1.90. The van der Waals surface area contributed by atoms with Gasteiger partial charge in [-0.3, -0.25) is 0 Å². The molecule has 1 aromatic rings. The van der Waals surface area contributed by atoms with Gasteiger partial charge in [-0.05, 0) is 12.2 Å². The Morgan fingerprint density at radius 1 is 1.45 bits per heavy atom. The molecule has 0 saturated carbocycles. The lowest BCUT2D eigenvalue weighted by atomic mass is 10.3. The molecule has 1 rings (SSSR count). The molecule has 0 amide bonds. The largest absolute Gasteiger partial charge is 0.240 e. The first kappa shape index (κ1) is 8.50. The fourth-order valence-electron chi connectivity index (χ4n) is 0.741. The molecule has 0 radical (unpaired) electrons. The molecule has 0 spiro atoms. The lowest BCUT2D eigenvalue weighted by Crippen LogP contribution is -1.75. The van der Waals surface area contributed by atoms with E-state index in [4.69, 9.17) is 11.6 Å². The third-order valence-electron chi connectivity index (χ3n) is 1.22. The first-order valence-corrected chi connectivity index (χ1v) is 4.47. The first-order chi connectivity index (χ1) is 5.31. The van der Waals surface area contributed by atoms with Crippen molar-refractivity contribution >= 4 is 35.1 Å². The van der Waals surface area contributed by atoms with Crippen molar-refractivity contribution in [3.05, 3.63) is 28.7 Å². The monoisotopic (exact) mass is 185 g/mol. The van der Waals surface area contributed by atoms with E-state index in [0.717, 1.165) is 15.6 Å². The summed E-state index contributed by atoms with van der Waals surface area (Å²) in [4.78, 5) is 5.25. The summed E-state index contributed by atoms with van der Waals surface area (Å²) in [5, 5.41) is 0.913.